The van der Waals surface area contributed by atoms with Crippen LogP contribution in [0.15, 0.2) is 53.5 Å². The van der Waals surface area contributed by atoms with Gasteiger partial charge in [-0.25, -0.2) is 4.99 Å². The maximum atomic E-state index is 5.79. The Kier molecular flexibility index (Phi) is 4.69. The Morgan fingerprint density at radius 2 is 1.76 bits per heavy atom. The number of rotatable bonds is 3. The van der Waals surface area contributed by atoms with Crippen molar-refractivity contribution in [3.8, 4) is 11.1 Å². The van der Waals surface area contributed by atoms with Crippen LogP contribution in [0, 0.1) is 0 Å². The van der Waals surface area contributed by atoms with E-state index in [0.29, 0.717) is 5.84 Å². The lowest BCUT2D eigenvalue weighted by Gasteiger charge is -2.21. The van der Waals surface area contributed by atoms with Crippen LogP contribution in [-0.2, 0) is 5.41 Å². The van der Waals surface area contributed by atoms with Crippen molar-refractivity contribution in [2.75, 3.05) is 5.88 Å². The van der Waals surface area contributed by atoms with E-state index in [2.05, 4.69) is 50.0 Å². The van der Waals surface area contributed by atoms with Gasteiger partial charge in [0.25, 0.3) is 0 Å². The van der Waals surface area contributed by atoms with Gasteiger partial charge in [-0.15, -0.1) is 11.6 Å². The highest BCUT2D eigenvalue weighted by molar-refractivity contribution is 6.28. The molecule has 2 aromatic carbocycles. The quantitative estimate of drug-likeness (QED) is 0.490. The van der Waals surface area contributed by atoms with Gasteiger partial charge in [-0.3, -0.25) is 0 Å². The standard InChI is InChI=1S/C18H21ClN2/c1-18(2,3)14-9-10-16(21-17(20)12-19)15(11-14)13-7-5-4-6-8-13/h4-11H,12H2,1-3H3,(H2,20,21). The van der Waals surface area contributed by atoms with Crippen molar-refractivity contribution in [3.63, 3.8) is 0 Å². The summed E-state index contributed by atoms with van der Waals surface area (Å²) in [7, 11) is 0. The lowest BCUT2D eigenvalue weighted by atomic mass is 9.85. The van der Waals surface area contributed by atoms with Gasteiger partial charge in [-0.2, -0.15) is 0 Å². The number of aliphatic imine (C=N–C) groups is 1. The molecule has 0 saturated carbocycles. The van der Waals surface area contributed by atoms with Crippen LogP contribution in [-0.4, -0.2) is 11.7 Å². The fourth-order valence-electron chi connectivity index (χ4n) is 2.13. The van der Waals surface area contributed by atoms with E-state index in [9.17, 15) is 0 Å². The number of amidine groups is 1. The van der Waals surface area contributed by atoms with Crippen molar-refractivity contribution >= 4 is 23.1 Å². The van der Waals surface area contributed by atoms with E-state index < -0.39 is 0 Å². The summed E-state index contributed by atoms with van der Waals surface area (Å²) in [6, 6.07) is 16.5. The van der Waals surface area contributed by atoms with Gasteiger partial charge < -0.3 is 5.73 Å². The van der Waals surface area contributed by atoms with Gasteiger partial charge in [0.1, 0.15) is 5.84 Å². The maximum absolute atomic E-state index is 5.79. The molecule has 0 bridgehead atoms. The van der Waals surface area contributed by atoms with E-state index in [1.54, 1.807) is 0 Å². The second kappa shape index (κ2) is 6.31. The molecule has 0 fully saturated rings. The Morgan fingerprint density at radius 1 is 1.10 bits per heavy atom. The maximum Gasteiger partial charge on any atom is 0.115 e. The molecule has 2 rings (SSSR count). The number of benzene rings is 2. The third kappa shape index (κ3) is 3.85. The summed E-state index contributed by atoms with van der Waals surface area (Å²) in [5, 5.41) is 0. The van der Waals surface area contributed by atoms with Crippen LogP contribution < -0.4 is 5.73 Å². The molecule has 0 unspecified atom stereocenters. The molecule has 2 nitrogen and oxygen atoms in total. The van der Waals surface area contributed by atoms with Gasteiger partial charge in [0, 0.05) is 5.56 Å². The van der Waals surface area contributed by atoms with Crippen LogP contribution in [0.4, 0.5) is 5.69 Å². The van der Waals surface area contributed by atoms with Crippen LogP contribution in [0.1, 0.15) is 26.3 Å². The number of hydrogen-bond acceptors (Lipinski definition) is 1. The minimum absolute atomic E-state index is 0.0871. The third-order valence-corrected chi connectivity index (χ3v) is 3.62. The first-order chi connectivity index (χ1) is 9.91. The zero-order chi connectivity index (χ0) is 15.5. The Balaban J connectivity index is 2.62. The SMILES string of the molecule is CC(C)(C)c1ccc(N=C(N)CCl)c(-c2ccccc2)c1. The highest BCUT2D eigenvalue weighted by atomic mass is 35.5. The number of nitrogens with two attached hydrogens (primary N) is 1. The molecule has 0 aliphatic carbocycles. The fraction of sp³-hybridized carbons (Fsp3) is 0.278. The summed E-state index contributed by atoms with van der Waals surface area (Å²) in [5.41, 5.74) is 10.2. The highest BCUT2D eigenvalue weighted by Crippen LogP contribution is 2.34. The van der Waals surface area contributed by atoms with Crippen LogP contribution in [0.3, 0.4) is 0 Å². The molecule has 0 aromatic heterocycles. The van der Waals surface area contributed by atoms with Crippen molar-refractivity contribution in [2.45, 2.75) is 26.2 Å². The average Bonchev–Trinajstić information content (AvgIpc) is 2.47. The molecule has 0 aliphatic rings. The summed E-state index contributed by atoms with van der Waals surface area (Å²) < 4.78 is 0. The van der Waals surface area contributed by atoms with Crippen LogP contribution in [0.5, 0.6) is 0 Å². The molecule has 0 atom stereocenters. The minimum atomic E-state index is 0.0871. The Labute approximate surface area is 131 Å². The Bertz CT molecular complexity index is 640. The molecule has 3 heteroatoms. The molecular formula is C18H21ClN2. The van der Waals surface area contributed by atoms with Crippen molar-refractivity contribution in [3.05, 3.63) is 54.1 Å². The van der Waals surface area contributed by atoms with Gasteiger partial charge in [-0.1, -0.05) is 57.2 Å². The van der Waals surface area contributed by atoms with Gasteiger partial charge in [-0.05, 0) is 28.7 Å². The summed E-state index contributed by atoms with van der Waals surface area (Å²) in [5.74, 6) is 0.660. The number of halogens is 1. The van der Waals surface area contributed by atoms with E-state index in [1.165, 1.54) is 5.56 Å². The normalized spacial score (nSPS) is 12.5. The zero-order valence-electron chi connectivity index (χ0n) is 12.7. The first-order valence-corrected chi connectivity index (χ1v) is 7.54. The smallest absolute Gasteiger partial charge is 0.115 e. The van der Waals surface area contributed by atoms with Crippen molar-refractivity contribution in [2.24, 2.45) is 10.7 Å². The number of alkyl halides is 1. The molecule has 0 amide bonds. The van der Waals surface area contributed by atoms with E-state index in [1.807, 2.05) is 24.3 Å². The highest BCUT2D eigenvalue weighted by Gasteiger charge is 2.16. The number of nitrogens with zero attached hydrogens (tertiary/aromatic N) is 1. The molecule has 0 spiro atoms. The summed E-state index contributed by atoms with van der Waals surface area (Å²) in [6.07, 6.45) is 0. The summed E-state index contributed by atoms with van der Waals surface area (Å²) >= 11 is 5.75. The van der Waals surface area contributed by atoms with Gasteiger partial charge >= 0.3 is 0 Å². The average molecular weight is 301 g/mol. The molecule has 21 heavy (non-hydrogen) atoms. The van der Waals surface area contributed by atoms with E-state index >= 15 is 0 Å². The molecule has 0 radical (unpaired) electrons. The van der Waals surface area contributed by atoms with Gasteiger partial charge in [0.2, 0.25) is 0 Å². The molecule has 2 N–H and O–H groups in total. The topological polar surface area (TPSA) is 38.4 Å². The van der Waals surface area contributed by atoms with Gasteiger partial charge in [0.05, 0.1) is 11.6 Å². The van der Waals surface area contributed by atoms with Crippen LogP contribution >= 0.6 is 11.6 Å². The van der Waals surface area contributed by atoms with Crippen molar-refractivity contribution in [1.29, 1.82) is 0 Å². The largest absolute Gasteiger partial charge is 0.386 e. The summed E-state index contributed by atoms with van der Waals surface area (Å²) in [6.45, 7) is 6.60. The predicted octanol–water partition coefficient (Wildman–Crippen LogP) is 4.88. The Hall–Kier alpha value is -1.80. The van der Waals surface area contributed by atoms with E-state index in [-0.39, 0.29) is 11.3 Å². The summed E-state index contributed by atoms with van der Waals surface area (Å²) in [4.78, 5) is 4.44. The first-order valence-electron chi connectivity index (χ1n) is 7.01. The minimum Gasteiger partial charge on any atom is -0.386 e. The first kappa shape index (κ1) is 15.6. The monoisotopic (exact) mass is 300 g/mol. The second-order valence-corrected chi connectivity index (χ2v) is 6.35. The van der Waals surface area contributed by atoms with Crippen LogP contribution in [0.2, 0.25) is 0 Å². The van der Waals surface area contributed by atoms with E-state index in [4.69, 9.17) is 17.3 Å². The number of hydrogen-bond donors (Lipinski definition) is 1. The Morgan fingerprint density at radius 3 is 2.33 bits per heavy atom. The van der Waals surface area contributed by atoms with Gasteiger partial charge in [0.15, 0.2) is 0 Å². The van der Waals surface area contributed by atoms with Crippen molar-refractivity contribution < 1.29 is 0 Å². The molecular weight excluding hydrogens is 280 g/mol. The van der Waals surface area contributed by atoms with E-state index in [0.717, 1.165) is 16.8 Å². The second-order valence-electron chi connectivity index (χ2n) is 6.08. The lowest BCUT2D eigenvalue weighted by Crippen LogP contribution is -2.13. The predicted molar refractivity (Wildman–Crippen MR) is 92.6 cm³/mol. The molecule has 0 heterocycles. The fourth-order valence-corrected chi connectivity index (χ4v) is 2.19. The third-order valence-electron chi connectivity index (χ3n) is 3.35. The molecule has 2 aromatic rings. The lowest BCUT2D eigenvalue weighted by molar-refractivity contribution is 0.590. The molecule has 0 aliphatic heterocycles. The van der Waals surface area contributed by atoms with Crippen LogP contribution in [0.25, 0.3) is 11.1 Å². The molecule has 0 saturated heterocycles. The zero-order valence-corrected chi connectivity index (χ0v) is 13.5. The van der Waals surface area contributed by atoms with Crippen molar-refractivity contribution in [1.82, 2.24) is 0 Å². The molecule has 110 valence electrons.